The third-order valence-corrected chi connectivity index (χ3v) is 6.40. The van der Waals surface area contributed by atoms with Crippen LogP contribution in [0.4, 0.5) is 25.0 Å². The molecule has 0 unspecified atom stereocenters. The number of benzene rings is 3. The van der Waals surface area contributed by atoms with E-state index in [4.69, 9.17) is 16.3 Å². The number of amides is 3. The monoisotopic (exact) mass is 653 g/mol. The number of nitrogens with one attached hydrogen (secondary N) is 3. The fourth-order valence-corrected chi connectivity index (χ4v) is 4.23. The summed E-state index contributed by atoms with van der Waals surface area (Å²) in [6, 6.07) is 12.3. The number of carbonyl (C=O) groups excluding carboxylic acids is 4. The molecule has 1 heterocycles. The molecule has 4 aromatic rings. The predicted octanol–water partition coefficient (Wildman–Crippen LogP) is 4.08. The van der Waals surface area contributed by atoms with Crippen LogP contribution in [0.2, 0.25) is 5.02 Å². The van der Waals surface area contributed by atoms with Gasteiger partial charge in [-0.25, -0.2) is 13.6 Å². The van der Waals surface area contributed by atoms with Crippen molar-refractivity contribution >= 4 is 52.9 Å². The molecule has 46 heavy (non-hydrogen) atoms. The Bertz CT molecular complexity index is 1720. The minimum absolute atomic E-state index is 0.104. The maximum Gasteiger partial charge on any atom is 0.411 e. The highest BCUT2D eigenvalue weighted by Gasteiger charge is 2.22. The Morgan fingerprint density at radius 2 is 1.67 bits per heavy atom. The second kappa shape index (κ2) is 15.9. The second-order valence-corrected chi connectivity index (χ2v) is 9.92. The van der Waals surface area contributed by atoms with Crippen LogP contribution < -0.4 is 16.0 Å². The molecule has 3 N–H and O–H groups in total. The fourth-order valence-electron chi connectivity index (χ4n) is 4.05. The molecule has 0 radical (unpaired) electrons. The van der Waals surface area contributed by atoms with Crippen LogP contribution in [0.15, 0.2) is 73.1 Å². The molecular weight excluding hydrogens is 628 g/mol. The Morgan fingerprint density at radius 3 is 2.33 bits per heavy atom. The Morgan fingerprint density at radius 1 is 0.978 bits per heavy atom. The summed E-state index contributed by atoms with van der Waals surface area (Å²) in [5.41, 5.74) is 1.76. The SMILES string of the molecule is COC(=O)CCOC(=O)Nc1ccc(NC(=O)[C@H](Cc2cc(F)cc(F)c2)NC(=O)C=Cc2cc(Cl)ccc2-n2cnnn2)cc1. The Balaban J connectivity index is 1.45. The third-order valence-electron chi connectivity index (χ3n) is 6.16. The van der Waals surface area contributed by atoms with Gasteiger partial charge in [0, 0.05) is 40.5 Å². The van der Waals surface area contributed by atoms with Crippen molar-refractivity contribution < 1.29 is 37.4 Å². The van der Waals surface area contributed by atoms with Crippen LogP contribution in [0.25, 0.3) is 11.8 Å². The highest BCUT2D eigenvalue weighted by Crippen LogP contribution is 2.21. The molecule has 0 bridgehead atoms. The number of esters is 1. The molecule has 0 aliphatic rings. The van der Waals surface area contributed by atoms with Gasteiger partial charge in [0.1, 0.15) is 30.6 Å². The lowest BCUT2D eigenvalue weighted by Crippen LogP contribution is -2.44. The van der Waals surface area contributed by atoms with Crippen LogP contribution in [0.5, 0.6) is 0 Å². The Hall–Kier alpha value is -5.70. The van der Waals surface area contributed by atoms with Crippen LogP contribution in [0.3, 0.4) is 0 Å². The van der Waals surface area contributed by atoms with Crippen molar-refractivity contribution in [2.45, 2.75) is 18.9 Å². The number of anilines is 2. The van der Waals surface area contributed by atoms with Gasteiger partial charge in [-0.3, -0.25) is 19.7 Å². The highest BCUT2D eigenvalue weighted by molar-refractivity contribution is 6.30. The highest BCUT2D eigenvalue weighted by atomic mass is 35.5. The van der Waals surface area contributed by atoms with E-state index in [1.54, 1.807) is 18.2 Å². The van der Waals surface area contributed by atoms with Crippen LogP contribution in [0.1, 0.15) is 17.5 Å². The van der Waals surface area contributed by atoms with Crippen LogP contribution in [0, 0.1) is 11.6 Å². The van der Waals surface area contributed by atoms with Gasteiger partial charge in [0.15, 0.2) is 0 Å². The van der Waals surface area contributed by atoms with Crippen molar-refractivity contribution in [1.29, 1.82) is 0 Å². The molecule has 3 amide bonds. The molecule has 0 aliphatic carbocycles. The number of ether oxygens (including phenoxy) is 2. The van der Waals surface area contributed by atoms with Gasteiger partial charge in [-0.05, 0) is 76.7 Å². The number of tetrazole rings is 1. The number of hydrogen-bond donors (Lipinski definition) is 3. The molecule has 4 rings (SSSR count). The molecule has 1 atom stereocenters. The van der Waals surface area contributed by atoms with Crippen molar-refractivity contribution in [3.63, 3.8) is 0 Å². The summed E-state index contributed by atoms with van der Waals surface area (Å²) in [4.78, 5) is 49.3. The van der Waals surface area contributed by atoms with Crippen LogP contribution in [-0.2, 0) is 30.3 Å². The molecule has 0 fully saturated rings. The minimum Gasteiger partial charge on any atom is -0.469 e. The van der Waals surface area contributed by atoms with E-state index in [9.17, 15) is 28.0 Å². The summed E-state index contributed by atoms with van der Waals surface area (Å²) in [6.45, 7) is -0.177. The maximum absolute atomic E-state index is 13.9. The first-order valence-corrected chi connectivity index (χ1v) is 13.9. The van der Waals surface area contributed by atoms with Crippen molar-refractivity contribution in [3.8, 4) is 5.69 Å². The zero-order valence-corrected chi connectivity index (χ0v) is 24.8. The van der Waals surface area contributed by atoms with Gasteiger partial charge in [-0.15, -0.1) is 5.10 Å². The first-order chi connectivity index (χ1) is 22.1. The number of nitrogens with zero attached hydrogens (tertiary/aromatic N) is 4. The van der Waals surface area contributed by atoms with Crippen LogP contribution >= 0.6 is 11.6 Å². The van der Waals surface area contributed by atoms with E-state index in [0.29, 0.717) is 33.7 Å². The summed E-state index contributed by atoms with van der Waals surface area (Å²) in [6.07, 6.45) is 2.82. The summed E-state index contributed by atoms with van der Waals surface area (Å²) < 4.78 is 38.6. The number of methoxy groups -OCH3 is 1. The second-order valence-electron chi connectivity index (χ2n) is 9.49. The quantitative estimate of drug-likeness (QED) is 0.151. The standard InChI is InChI=1S/C30H26ClF2N7O6/c1-45-28(42)10-11-46-30(44)36-24-6-4-23(5-7-24)35-29(43)25(14-18-12-21(32)16-22(33)13-18)37-27(41)9-2-19-15-20(31)3-8-26(19)40-17-34-38-39-40/h2-9,12-13,15-17,25H,10-11,14H2,1H3,(H,35,43)(H,36,44)(H,37,41)/t25-/m0/s1. The third kappa shape index (κ3) is 9.92. The first kappa shape index (κ1) is 33.2. The summed E-state index contributed by atoms with van der Waals surface area (Å²) >= 11 is 6.13. The van der Waals surface area contributed by atoms with Gasteiger partial charge in [0.25, 0.3) is 0 Å². The molecule has 13 nitrogen and oxygen atoms in total. The van der Waals surface area contributed by atoms with E-state index < -0.39 is 41.6 Å². The number of rotatable bonds is 12. The molecule has 0 saturated carbocycles. The van der Waals surface area contributed by atoms with Gasteiger partial charge < -0.3 is 20.1 Å². The lowest BCUT2D eigenvalue weighted by molar-refractivity contribution is -0.141. The smallest absolute Gasteiger partial charge is 0.411 e. The molecule has 3 aromatic carbocycles. The molecule has 238 valence electrons. The Labute approximate surface area is 265 Å². The van der Waals surface area contributed by atoms with E-state index in [-0.39, 0.29) is 25.0 Å². The van der Waals surface area contributed by atoms with E-state index in [1.807, 2.05) is 0 Å². The number of carbonyl (C=O) groups is 4. The topological polar surface area (TPSA) is 166 Å². The van der Waals surface area contributed by atoms with E-state index in [0.717, 1.165) is 18.2 Å². The summed E-state index contributed by atoms with van der Waals surface area (Å²) in [5.74, 6) is -3.60. The number of halogens is 3. The molecular formula is C30H26ClF2N7O6. The van der Waals surface area contributed by atoms with Gasteiger partial charge in [-0.2, -0.15) is 4.68 Å². The zero-order valence-electron chi connectivity index (χ0n) is 24.1. The van der Waals surface area contributed by atoms with Crippen molar-refractivity contribution in [1.82, 2.24) is 25.5 Å². The van der Waals surface area contributed by atoms with E-state index >= 15 is 0 Å². The van der Waals surface area contributed by atoms with E-state index in [1.165, 1.54) is 48.5 Å². The maximum atomic E-state index is 13.9. The average molecular weight is 654 g/mol. The molecule has 0 spiro atoms. The summed E-state index contributed by atoms with van der Waals surface area (Å²) in [5, 5.41) is 19.1. The first-order valence-electron chi connectivity index (χ1n) is 13.5. The fraction of sp³-hybridized carbons (Fsp3) is 0.167. The van der Waals surface area contributed by atoms with Crippen molar-refractivity contribution in [2.24, 2.45) is 0 Å². The normalized spacial score (nSPS) is 11.5. The van der Waals surface area contributed by atoms with Gasteiger partial charge in [-0.1, -0.05) is 11.6 Å². The van der Waals surface area contributed by atoms with E-state index in [2.05, 4.69) is 36.2 Å². The molecule has 0 saturated heterocycles. The molecule has 16 heteroatoms. The van der Waals surface area contributed by atoms with Crippen LogP contribution in [-0.4, -0.2) is 63.8 Å². The Kier molecular flexibility index (Phi) is 11.4. The number of hydrogen-bond acceptors (Lipinski definition) is 9. The summed E-state index contributed by atoms with van der Waals surface area (Å²) in [7, 11) is 1.22. The molecule has 0 aliphatic heterocycles. The lowest BCUT2D eigenvalue weighted by atomic mass is 10.0. The zero-order chi connectivity index (χ0) is 33.1. The van der Waals surface area contributed by atoms with Gasteiger partial charge in [0.05, 0.1) is 19.2 Å². The minimum atomic E-state index is -1.26. The van der Waals surface area contributed by atoms with Gasteiger partial charge in [0.2, 0.25) is 11.8 Å². The predicted molar refractivity (Wildman–Crippen MR) is 162 cm³/mol. The number of aromatic nitrogens is 4. The van der Waals surface area contributed by atoms with Gasteiger partial charge >= 0.3 is 12.1 Å². The lowest BCUT2D eigenvalue weighted by Gasteiger charge is -2.18. The van der Waals surface area contributed by atoms with Crippen molar-refractivity contribution in [3.05, 3.63) is 101 Å². The average Bonchev–Trinajstić information content (AvgIpc) is 3.55. The van der Waals surface area contributed by atoms with Crippen molar-refractivity contribution in [2.75, 3.05) is 24.4 Å². The largest absolute Gasteiger partial charge is 0.469 e. The molecule has 1 aromatic heterocycles.